The van der Waals surface area contributed by atoms with Gasteiger partial charge in [0, 0.05) is 0 Å². The smallest absolute Gasteiger partial charge is 0.105 e. The fourth-order valence-corrected chi connectivity index (χ4v) is 0.795. The Morgan fingerprint density at radius 2 is 1.78 bits per heavy atom. The van der Waals surface area contributed by atoms with Crippen molar-refractivity contribution in [3.8, 4) is 0 Å². The molecule has 1 heteroatoms. The van der Waals surface area contributed by atoms with E-state index in [9.17, 15) is 4.39 Å². The molecule has 0 aliphatic heterocycles. The van der Waals surface area contributed by atoms with Crippen LogP contribution >= 0.6 is 0 Å². The van der Waals surface area contributed by atoms with Gasteiger partial charge in [-0.3, -0.25) is 0 Å². The van der Waals surface area contributed by atoms with Crippen LogP contribution in [-0.2, 0) is 0 Å². The third-order valence-corrected chi connectivity index (χ3v) is 1.37. The van der Waals surface area contributed by atoms with Gasteiger partial charge in [-0.25, -0.2) is 4.39 Å². The molecule has 0 nitrogen and oxygen atoms in total. The van der Waals surface area contributed by atoms with E-state index >= 15 is 0 Å². The van der Waals surface area contributed by atoms with Crippen molar-refractivity contribution in [3.05, 3.63) is 0 Å². The van der Waals surface area contributed by atoms with Crippen LogP contribution in [0.2, 0.25) is 0 Å². The monoisotopic (exact) mass is 132 g/mol. The van der Waals surface area contributed by atoms with E-state index in [1.165, 1.54) is 6.42 Å². The Kier molecular flexibility index (Phi) is 3.83. The van der Waals surface area contributed by atoms with Crippen LogP contribution < -0.4 is 0 Å². The van der Waals surface area contributed by atoms with Crippen molar-refractivity contribution in [2.75, 3.05) is 0 Å². The van der Waals surface area contributed by atoms with E-state index in [1.807, 2.05) is 0 Å². The van der Waals surface area contributed by atoms with Crippen LogP contribution in [0.25, 0.3) is 0 Å². The minimum absolute atomic E-state index is 0.709. The van der Waals surface area contributed by atoms with Crippen molar-refractivity contribution in [3.63, 3.8) is 0 Å². The summed E-state index contributed by atoms with van der Waals surface area (Å²) < 4.78 is 12.7. The van der Waals surface area contributed by atoms with E-state index < -0.39 is 5.67 Å². The Balaban J connectivity index is 3.07. The molecule has 0 radical (unpaired) electrons. The first-order valence-electron chi connectivity index (χ1n) is 3.75. The molecule has 0 aromatic carbocycles. The van der Waals surface area contributed by atoms with Gasteiger partial charge in [0.1, 0.15) is 5.67 Å². The van der Waals surface area contributed by atoms with E-state index in [2.05, 4.69) is 6.92 Å². The van der Waals surface area contributed by atoms with Crippen LogP contribution in [0.3, 0.4) is 0 Å². The zero-order valence-corrected chi connectivity index (χ0v) is 6.71. The van der Waals surface area contributed by atoms with Crippen LogP contribution in [0.4, 0.5) is 4.39 Å². The summed E-state index contributed by atoms with van der Waals surface area (Å²) in [5.74, 6) is 0. The van der Waals surface area contributed by atoms with Crippen molar-refractivity contribution in [2.45, 2.75) is 52.1 Å². The second kappa shape index (κ2) is 3.86. The van der Waals surface area contributed by atoms with Crippen LogP contribution in [0.15, 0.2) is 0 Å². The third kappa shape index (κ3) is 7.93. The molecule has 0 amide bonds. The highest BCUT2D eigenvalue weighted by Gasteiger charge is 2.13. The predicted octanol–water partition coefficient (Wildman–Crippen LogP) is 3.31. The number of unbranched alkanes of at least 4 members (excludes halogenated alkanes) is 2. The quantitative estimate of drug-likeness (QED) is 0.515. The molecule has 0 aromatic rings. The molecule has 0 N–H and O–H groups in total. The standard InChI is InChI=1S/C8H17F/c1-4-5-6-7-8(2,3)9/h4-7H2,1-3H3. The van der Waals surface area contributed by atoms with Crippen molar-refractivity contribution in [1.29, 1.82) is 0 Å². The van der Waals surface area contributed by atoms with Gasteiger partial charge >= 0.3 is 0 Å². The molecule has 0 aromatic heterocycles. The lowest BCUT2D eigenvalue weighted by atomic mass is 10.0. The van der Waals surface area contributed by atoms with Crippen LogP contribution in [0.5, 0.6) is 0 Å². The average molecular weight is 132 g/mol. The van der Waals surface area contributed by atoms with Gasteiger partial charge in [0.15, 0.2) is 0 Å². The Bertz CT molecular complexity index is 61.5. The summed E-state index contributed by atoms with van der Waals surface area (Å²) in [6.07, 6.45) is 4.07. The van der Waals surface area contributed by atoms with E-state index in [0.29, 0.717) is 6.42 Å². The van der Waals surface area contributed by atoms with Crippen LogP contribution in [0.1, 0.15) is 46.5 Å². The molecule has 0 saturated carbocycles. The number of hydrogen-bond acceptors (Lipinski definition) is 0. The second-order valence-electron chi connectivity index (χ2n) is 3.18. The van der Waals surface area contributed by atoms with Gasteiger partial charge < -0.3 is 0 Å². The molecule has 0 fully saturated rings. The van der Waals surface area contributed by atoms with Gasteiger partial charge in [0.25, 0.3) is 0 Å². The van der Waals surface area contributed by atoms with E-state index in [4.69, 9.17) is 0 Å². The van der Waals surface area contributed by atoms with E-state index in [0.717, 1.165) is 12.8 Å². The minimum Gasteiger partial charge on any atom is -0.245 e. The number of halogens is 1. The first-order chi connectivity index (χ1) is 4.06. The maximum absolute atomic E-state index is 12.7. The van der Waals surface area contributed by atoms with Crippen molar-refractivity contribution >= 4 is 0 Å². The molecule has 9 heavy (non-hydrogen) atoms. The molecule has 0 heterocycles. The van der Waals surface area contributed by atoms with E-state index in [1.54, 1.807) is 13.8 Å². The number of rotatable bonds is 4. The van der Waals surface area contributed by atoms with Gasteiger partial charge in [-0.2, -0.15) is 0 Å². The predicted molar refractivity (Wildman–Crippen MR) is 39.3 cm³/mol. The zero-order chi connectivity index (χ0) is 7.33. The van der Waals surface area contributed by atoms with Crippen LogP contribution in [-0.4, -0.2) is 5.67 Å². The Hall–Kier alpha value is -0.0700. The molecule has 56 valence electrons. The molecule has 0 unspecified atom stereocenters. The highest BCUT2D eigenvalue weighted by atomic mass is 19.1. The molecule has 0 aliphatic carbocycles. The lowest BCUT2D eigenvalue weighted by Gasteiger charge is -2.12. The Morgan fingerprint density at radius 1 is 1.22 bits per heavy atom. The topological polar surface area (TPSA) is 0 Å². The number of hydrogen-bond donors (Lipinski definition) is 0. The summed E-state index contributed by atoms with van der Waals surface area (Å²) in [4.78, 5) is 0. The fourth-order valence-electron chi connectivity index (χ4n) is 0.795. The molecule has 0 aliphatic rings. The summed E-state index contributed by atoms with van der Waals surface area (Å²) >= 11 is 0. The normalized spacial score (nSPS) is 12.0. The highest BCUT2D eigenvalue weighted by Crippen LogP contribution is 2.17. The Morgan fingerprint density at radius 3 is 2.11 bits per heavy atom. The molecular formula is C8H17F. The van der Waals surface area contributed by atoms with Crippen molar-refractivity contribution < 1.29 is 4.39 Å². The summed E-state index contributed by atoms with van der Waals surface area (Å²) in [5, 5.41) is 0. The zero-order valence-electron chi connectivity index (χ0n) is 6.71. The second-order valence-corrected chi connectivity index (χ2v) is 3.18. The molecule has 0 atom stereocenters. The van der Waals surface area contributed by atoms with Gasteiger partial charge in [-0.15, -0.1) is 0 Å². The first-order valence-corrected chi connectivity index (χ1v) is 3.75. The van der Waals surface area contributed by atoms with Crippen molar-refractivity contribution in [2.24, 2.45) is 0 Å². The number of alkyl halides is 1. The average Bonchev–Trinajstić information content (AvgIpc) is 1.63. The third-order valence-electron chi connectivity index (χ3n) is 1.37. The molecular weight excluding hydrogens is 115 g/mol. The van der Waals surface area contributed by atoms with E-state index in [-0.39, 0.29) is 0 Å². The maximum atomic E-state index is 12.7. The highest BCUT2D eigenvalue weighted by molar-refractivity contribution is 4.64. The SMILES string of the molecule is CCCCCC(C)(C)F. The first kappa shape index (κ1) is 8.93. The molecule has 0 bridgehead atoms. The largest absolute Gasteiger partial charge is 0.245 e. The molecule has 0 rings (SSSR count). The van der Waals surface area contributed by atoms with Gasteiger partial charge in [0.2, 0.25) is 0 Å². The lowest BCUT2D eigenvalue weighted by Crippen LogP contribution is -2.10. The molecule has 0 saturated heterocycles. The maximum Gasteiger partial charge on any atom is 0.105 e. The fraction of sp³-hybridized carbons (Fsp3) is 1.00. The van der Waals surface area contributed by atoms with Crippen molar-refractivity contribution in [1.82, 2.24) is 0 Å². The summed E-state index contributed by atoms with van der Waals surface area (Å²) in [6.45, 7) is 5.41. The van der Waals surface area contributed by atoms with Gasteiger partial charge in [-0.1, -0.05) is 26.2 Å². The minimum atomic E-state index is -0.949. The van der Waals surface area contributed by atoms with Gasteiger partial charge in [-0.05, 0) is 20.3 Å². The molecule has 0 spiro atoms. The lowest BCUT2D eigenvalue weighted by molar-refractivity contribution is 0.196. The summed E-state index contributed by atoms with van der Waals surface area (Å²) in [5.41, 5.74) is -0.949. The van der Waals surface area contributed by atoms with Crippen LogP contribution in [0, 0.1) is 0 Å². The summed E-state index contributed by atoms with van der Waals surface area (Å²) in [6, 6.07) is 0. The Labute approximate surface area is 57.5 Å². The summed E-state index contributed by atoms with van der Waals surface area (Å²) in [7, 11) is 0. The van der Waals surface area contributed by atoms with Gasteiger partial charge in [0.05, 0.1) is 0 Å².